The predicted molar refractivity (Wildman–Crippen MR) is 62.1 cm³/mol. The molecule has 0 unspecified atom stereocenters. The first-order valence-electron chi connectivity index (χ1n) is 4.44. The summed E-state index contributed by atoms with van der Waals surface area (Å²) in [4.78, 5) is 4.38. The van der Waals surface area contributed by atoms with Crippen LogP contribution in [0.1, 0.15) is 25.0 Å². The first kappa shape index (κ1) is 11.3. The molecule has 1 heterocycles. The lowest BCUT2D eigenvalue weighted by Gasteiger charge is -1.96. The van der Waals surface area contributed by atoms with Crippen LogP contribution < -0.4 is 0 Å². The molecule has 1 rings (SSSR count). The molecule has 0 aliphatic carbocycles. The Kier molecular flexibility index (Phi) is 5.83. The van der Waals surface area contributed by atoms with Gasteiger partial charge in [-0.1, -0.05) is 18.2 Å². The van der Waals surface area contributed by atoms with Crippen LogP contribution in [0.5, 0.6) is 0 Å². The summed E-state index contributed by atoms with van der Waals surface area (Å²) in [5, 5.41) is 2.10. The van der Waals surface area contributed by atoms with Crippen LogP contribution in [0.4, 0.5) is 0 Å². The largest absolute Gasteiger partial charge is 0.235 e. The number of hydrogen-bond donors (Lipinski definition) is 0. The monoisotopic (exact) mass is 235 g/mol. The molecule has 0 spiro atoms. The van der Waals surface area contributed by atoms with Crippen molar-refractivity contribution in [3.63, 3.8) is 0 Å². The van der Waals surface area contributed by atoms with Crippen LogP contribution >= 0.6 is 34.7 Å². The van der Waals surface area contributed by atoms with Gasteiger partial charge in [0, 0.05) is 22.7 Å². The molecule has 0 saturated heterocycles. The Morgan fingerprint density at radius 3 is 2.92 bits per heavy atom. The Morgan fingerprint density at radius 2 is 2.31 bits per heavy atom. The van der Waals surface area contributed by atoms with E-state index in [0.717, 1.165) is 18.0 Å². The molecule has 0 aromatic carbocycles. The average molecular weight is 236 g/mol. The van der Waals surface area contributed by atoms with Gasteiger partial charge in [-0.05, 0) is 19.8 Å². The molecule has 13 heavy (non-hydrogen) atoms. The molecule has 0 saturated carbocycles. The molecular formula is C9H14ClNS2. The van der Waals surface area contributed by atoms with Crippen molar-refractivity contribution in [2.24, 2.45) is 0 Å². The van der Waals surface area contributed by atoms with E-state index in [9.17, 15) is 0 Å². The second-order valence-electron chi connectivity index (χ2n) is 2.85. The number of nitrogens with zero attached hydrogens (tertiary/aromatic N) is 1. The number of thioether (sulfide) groups is 1. The fourth-order valence-corrected chi connectivity index (χ4v) is 3.04. The highest BCUT2D eigenvalue weighted by atomic mass is 35.5. The quantitative estimate of drug-likeness (QED) is 0.421. The van der Waals surface area contributed by atoms with E-state index < -0.39 is 0 Å². The summed E-state index contributed by atoms with van der Waals surface area (Å²) in [5.74, 6) is 1.96. The molecule has 0 atom stereocenters. The number of hydrogen-bond acceptors (Lipinski definition) is 3. The molecule has 0 bridgehead atoms. The van der Waals surface area contributed by atoms with Gasteiger partial charge >= 0.3 is 0 Å². The normalized spacial score (nSPS) is 10.6. The first-order valence-corrected chi connectivity index (χ1v) is 6.84. The van der Waals surface area contributed by atoms with Crippen molar-refractivity contribution < 1.29 is 0 Å². The van der Waals surface area contributed by atoms with Crippen LogP contribution in [-0.2, 0) is 0 Å². The molecule has 4 heteroatoms. The Bertz CT molecular complexity index is 237. The zero-order chi connectivity index (χ0) is 9.52. The van der Waals surface area contributed by atoms with Gasteiger partial charge in [0.05, 0.1) is 0 Å². The minimum Gasteiger partial charge on any atom is -0.235 e. The summed E-state index contributed by atoms with van der Waals surface area (Å²) in [6.07, 6.45) is 3.62. The van der Waals surface area contributed by atoms with E-state index in [2.05, 4.69) is 10.4 Å². The fourth-order valence-electron chi connectivity index (χ4n) is 0.931. The molecule has 1 aromatic heterocycles. The van der Waals surface area contributed by atoms with Crippen molar-refractivity contribution in [2.45, 2.75) is 30.5 Å². The standard InChI is InChI=1S/C9H14ClNS2/c1-8-7-13-9(11-8)12-6-4-2-3-5-10/h7H,2-6H2,1H3. The van der Waals surface area contributed by atoms with Crippen LogP contribution in [0.15, 0.2) is 9.72 Å². The molecular weight excluding hydrogens is 222 g/mol. The third kappa shape index (κ3) is 4.89. The van der Waals surface area contributed by atoms with E-state index in [0.29, 0.717) is 0 Å². The Balaban J connectivity index is 2.06. The van der Waals surface area contributed by atoms with Gasteiger partial charge in [0.2, 0.25) is 0 Å². The van der Waals surface area contributed by atoms with Crippen LogP contribution in [0, 0.1) is 6.92 Å². The molecule has 0 fully saturated rings. The van der Waals surface area contributed by atoms with Gasteiger partial charge in [-0.25, -0.2) is 4.98 Å². The number of alkyl halides is 1. The summed E-state index contributed by atoms with van der Waals surface area (Å²) < 4.78 is 1.20. The first-order chi connectivity index (χ1) is 6.33. The Labute approximate surface area is 92.9 Å². The van der Waals surface area contributed by atoms with Crippen molar-refractivity contribution in [3.05, 3.63) is 11.1 Å². The number of thiazole rings is 1. The summed E-state index contributed by atoms with van der Waals surface area (Å²) in [6, 6.07) is 0. The lowest BCUT2D eigenvalue weighted by Crippen LogP contribution is -1.82. The SMILES string of the molecule is Cc1csc(SCCCCCCl)n1. The number of halogens is 1. The van der Waals surface area contributed by atoms with Gasteiger partial charge in [0.15, 0.2) is 0 Å². The zero-order valence-electron chi connectivity index (χ0n) is 7.75. The maximum absolute atomic E-state index is 5.58. The number of aryl methyl sites for hydroxylation is 1. The van der Waals surface area contributed by atoms with Crippen LogP contribution in [0.3, 0.4) is 0 Å². The van der Waals surface area contributed by atoms with Crippen molar-refractivity contribution in [2.75, 3.05) is 11.6 Å². The van der Waals surface area contributed by atoms with Crippen molar-refractivity contribution in [1.82, 2.24) is 4.98 Å². The van der Waals surface area contributed by atoms with E-state index in [1.807, 2.05) is 18.7 Å². The van der Waals surface area contributed by atoms with Gasteiger partial charge in [0.1, 0.15) is 4.34 Å². The summed E-state index contributed by atoms with van der Waals surface area (Å²) in [5.41, 5.74) is 1.13. The second kappa shape index (κ2) is 6.68. The van der Waals surface area contributed by atoms with E-state index >= 15 is 0 Å². The number of aromatic nitrogens is 1. The Hall–Kier alpha value is 0.270. The number of unbranched alkanes of at least 4 members (excludes halogenated alkanes) is 2. The van der Waals surface area contributed by atoms with Crippen molar-refractivity contribution in [3.8, 4) is 0 Å². The summed E-state index contributed by atoms with van der Waals surface area (Å²) in [7, 11) is 0. The van der Waals surface area contributed by atoms with E-state index in [4.69, 9.17) is 11.6 Å². The van der Waals surface area contributed by atoms with Crippen molar-refractivity contribution >= 4 is 34.7 Å². The molecule has 0 N–H and O–H groups in total. The molecule has 0 amide bonds. The molecule has 1 aromatic rings. The van der Waals surface area contributed by atoms with Gasteiger partial charge in [-0.15, -0.1) is 22.9 Å². The van der Waals surface area contributed by atoms with Crippen LogP contribution in [-0.4, -0.2) is 16.6 Å². The fraction of sp³-hybridized carbons (Fsp3) is 0.667. The minimum atomic E-state index is 0.793. The van der Waals surface area contributed by atoms with E-state index in [-0.39, 0.29) is 0 Å². The minimum absolute atomic E-state index is 0.793. The maximum Gasteiger partial charge on any atom is 0.150 e. The van der Waals surface area contributed by atoms with Gasteiger partial charge < -0.3 is 0 Å². The summed E-state index contributed by atoms with van der Waals surface area (Å²) in [6.45, 7) is 2.04. The molecule has 0 aliphatic rings. The highest BCUT2D eigenvalue weighted by Gasteiger charge is 1.98. The lowest BCUT2D eigenvalue weighted by molar-refractivity contribution is 0.783. The predicted octanol–water partition coefficient (Wildman–Crippen LogP) is 3.95. The van der Waals surface area contributed by atoms with Gasteiger partial charge in [-0.3, -0.25) is 0 Å². The lowest BCUT2D eigenvalue weighted by atomic mass is 10.3. The highest BCUT2D eigenvalue weighted by Crippen LogP contribution is 2.23. The van der Waals surface area contributed by atoms with Crippen molar-refractivity contribution in [1.29, 1.82) is 0 Å². The highest BCUT2D eigenvalue weighted by molar-refractivity contribution is 8.00. The number of rotatable bonds is 6. The van der Waals surface area contributed by atoms with Crippen LogP contribution in [0.25, 0.3) is 0 Å². The molecule has 0 radical (unpaired) electrons. The van der Waals surface area contributed by atoms with Gasteiger partial charge in [0.25, 0.3) is 0 Å². The molecule has 0 aliphatic heterocycles. The molecule has 1 nitrogen and oxygen atoms in total. The third-order valence-corrected chi connectivity index (χ3v) is 4.09. The molecule has 74 valence electrons. The maximum atomic E-state index is 5.58. The average Bonchev–Trinajstić information content (AvgIpc) is 2.51. The van der Waals surface area contributed by atoms with Gasteiger partial charge in [-0.2, -0.15) is 0 Å². The third-order valence-electron chi connectivity index (χ3n) is 1.60. The topological polar surface area (TPSA) is 12.9 Å². The zero-order valence-corrected chi connectivity index (χ0v) is 10.1. The smallest absolute Gasteiger partial charge is 0.150 e. The van der Waals surface area contributed by atoms with Crippen LogP contribution in [0.2, 0.25) is 0 Å². The van der Waals surface area contributed by atoms with E-state index in [1.165, 1.54) is 22.9 Å². The van der Waals surface area contributed by atoms with E-state index in [1.54, 1.807) is 11.3 Å². The Morgan fingerprint density at radius 1 is 1.46 bits per heavy atom. The second-order valence-corrected chi connectivity index (χ2v) is 5.43. The summed E-state index contributed by atoms with van der Waals surface area (Å²) >= 11 is 9.18.